The lowest BCUT2D eigenvalue weighted by atomic mass is 9.78. The van der Waals surface area contributed by atoms with E-state index in [1.165, 1.54) is 21.3 Å². The van der Waals surface area contributed by atoms with E-state index in [1.54, 1.807) is 18.2 Å². The summed E-state index contributed by atoms with van der Waals surface area (Å²) in [5.41, 5.74) is 4.39. The summed E-state index contributed by atoms with van der Waals surface area (Å²) in [4.78, 5) is 29.6. The number of hydrogen-bond acceptors (Lipinski definition) is 7. The van der Waals surface area contributed by atoms with Gasteiger partial charge in [0.15, 0.2) is 17.3 Å². The minimum absolute atomic E-state index is 0.0631. The number of fused-ring (bicyclic) bond motifs is 3. The Kier molecular flexibility index (Phi) is 6.85. The summed E-state index contributed by atoms with van der Waals surface area (Å²) >= 11 is 0. The molecule has 0 saturated carbocycles. The van der Waals surface area contributed by atoms with Gasteiger partial charge in [0.25, 0.3) is 0 Å². The second-order valence-corrected chi connectivity index (χ2v) is 10.3. The van der Waals surface area contributed by atoms with Crippen LogP contribution in [0.1, 0.15) is 28.4 Å². The number of aliphatic hydroxyl groups excluding tert-OH is 1. The van der Waals surface area contributed by atoms with Gasteiger partial charge in [-0.05, 0) is 45.5 Å². The number of esters is 1. The molecule has 0 unspecified atom stereocenters. The van der Waals surface area contributed by atoms with Crippen LogP contribution in [0.2, 0.25) is 0 Å². The van der Waals surface area contributed by atoms with Crippen LogP contribution in [-0.2, 0) is 19.9 Å². The molecule has 7 nitrogen and oxygen atoms in total. The number of carbonyl (C=O) groups excluding carboxylic acids is 2. The molecule has 1 fully saturated rings. The van der Waals surface area contributed by atoms with Crippen LogP contribution in [0.25, 0.3) is 11.1 Å². The van der Waals surface area contributed by atoms with E-state index in [0.29, 0.717) is 17.1 Å². The molecule has 6 rings (SSSR count). The number of benzene rings is 4. The standard InChI is InChI=1S/C34H31NO6/c1-39-28-18-17-21(19-29(28)40-2)32(37)30-27(36)20-35(31(30)33(38)41-3)34(22-11-5-4-6-12-22)25-15-9-7-13-23(25)24-14-8-10-16-26(24)34/h4-19,30-32,37H,20H2,1-3H3/t30-,31-,32+/m0/s1. The molecule has 1 aliphatic carbocycles. The molecule has 41 heavy (non-hydrogen) atoms. The number of methoxy groups -OCH3 is 3. The summed E-state index contributed by atoms with van der Waals surface area (Å²) in [6, 6.07) is 30.0. The highest BCUT2D eigenvalue weighted by Crippen LogP contribution is 2.57. The monoisotopic (exact) mass is 549 g/mol. The summed E-state index contributed by atoms with van der Waals surface area (Å²) < 4.78 is 16.1. The van der Waals surface area contributed by atoms with Crippen molar-refractivity contribution in [2.75, 3.05) is 27.9 Å². The molecule has 3 atom stereocenters. The van der Waals surface area contributed by atoms with Crippen molar-refractivity contribution < 1.29 is 28.9 Å². The summed E-state index contributed by atoms with van der Waals surface area (Å²) in [5, 5.41) is 11.7. The number of aliphatic hydroxyl groups is 1. The number of likely N-dealkylation sites (tertiary alicyclic amines) is 1. The fourth-order valence-electron chi connectivity index (χ4n) is 6.73. The van der Waals surface area contributed by atoms with E-state index >= 15 is 0 Å². The van der Waals surface area contributed by atoms with Crippen LogP contribution >= 0.6 is 0 Å². The Balaban J connectivity index is 1.57. The van der Waals surface area contributed by atoms with Gasteiger partial charge in [0.05, 0.1) is 45.4 Å². The lowest BCUT2D eigenvalue weighted by Crippen LogP contribution is -2.54. The third-order valence-electron chi connectivity index (χ3n) is 8.45. The normalized spacial score (nSPS) is 19.8. The third kappa shape index (κ3) is 3.96. The van der Waals surface area contributed by atoms with Crippen LogP contribution in [0.4, 0.5) is 0 Å². The average molecular weight is 550 g/mol. The van der Waals surface area contributed by atoms with Gasteiger partial charge in [-0.2, -0.15) is 0 Å². The maximum atomic E-state index is 14.0. The van der Waals surface area contributed by atoms with Gasteiger partial charge >= 0.3 is 5.97 Å². The predicted octanol–water partition coefficient (Wildman–Crippen LogP) is 4.75. The molecule has 1 heterocycles. The van der Waals surface area contributed by atoms with Gasteiger partial charge in [-0.25, -0.2) is 0 Å². The highest BCUT2D eigenvalue weighted by Gasteiger charge is 2.60. The zero-order chi connectivity index (χ0) is 28.7. The molecular weight excluding hydrogens is 518 g/mol. The van der Waals surface area contributed by atoms with Crippen molar-refractivity contribution >= 4 is 11.8 Å². The van der Waals surface area contributed by atoms with Crippen molar-refractivity contribution in [3.05, 3.63) is 119 Å². The second kappa shape index (κ2) is 10.5. The Hall–Kier alpha value is -4.46. The first-order valence-corrected chi connectivity index (χ1v) is 13.5. The lowest BCUT2D eigenvalue weighted by molar-refractivity contribution is -0.151. The third-order valence-corrected chi connectivity index (χ3v) is 8.45. The topological polar surface area (TPSA) is 85.3 Å². The Morgan fingerprint density at radius 3 is 2.00 bits per heavy atom. The van der Waals surface area contributed by atoms with Gasteiger partial charge in [-0.1, -0.05) is 84.9 Å². The van der Waals surface area contributed by atoms with Crippen LogP contribution < -0.4 is 9.47 Å². The molecule has 1 aliphatic heterocycles. The fraction of sp³-hybridized carbons (Fsp3) is 0.235. The number of rotatable bonds is 7. The van der Waals surface area contributed by atoms with Crippen LogP contribution in [-0.4, -0.2) is 55.7 Å². The summed E-state index contributed by atoms with van der Waals surface area (Å²) in [6.45, 7) is -0.0631. The molecule has 0 spiro atoms. The fourth-order valence-corrected chi connectivity index (χ4v) is 6.73. The molecule has 0 bridgehead atoms. The van der Waals surface area contributed by atoms with Crippen LogP contribution in [0.3, 0.4) is 0 Å². The van der Waals surface area contributed by atoms with Crippen LogP contribution in [0.5, 0.6) is 11.5 Å². The lowest BCUT2D eigenvalue weighted by Gasteiger charge is -2.44. The van der Waals surface area contributed by atoms with Crippen molar-refractivity contribution in [2.45, 2.75) is 17.7 Å². The summed E-state index contributed by atoms with van der Waals surface area (Å²) in [7, 11) is 4.35. The average Bonchev–Trinajstić information content (AvgIpc) is 3.53. The Morgan fingerprint density at radius 1 is 0.829 bits per heavy atom. The van der Waals surface area contributed by atoms with Crippen molar-refractivity contribution in [1.82, 2.24) is 4.90 Å². The molecule has 1 saturated heterocycles. The molecule has 7 heteroatoms. The summed E-state index contributed by atoms with van der Waals surface area (Å²) in [5.74, 6) is -1.01. The number of ether oxygens (including phenoxy) is 3. The first-order chi connectivity index (χ1) is 20.0. The molecular formula is C34H31NO6. The van der Waals surface area contributed by atoms with Crippen molar-refractivity contribution in [2.24, 2.45) is 5.92 Å². The molecule has 0 amide bonds. The van der Waals surface area contributed by atoms with Crippen molar-refractivity contribution in [3.8, 4) is 22.6 Å². The molecule has 4 aromatic carbocycles. The Labute approximate surface area is 238 Å². The van der Waals surface area contributed by atoms with Crippen LogP contribution in [0.15, 0.2) is 97.1 Å². The van der Waals surface area contributed by atoms with E-state index < -0.39 is 29.6 Å². The summed E-state index contributed by atoms with van der Waals surface area (Å²) in [6.07, 6.45) is -1.30. The van der Waals surface area contributed by atoms with Gasteiger partial charge in [0, 0.05) is 0 Å². The number of ketones is 1. The maximum Gasteiger partial charge on any atom is 0.324 e. The van der Waals surface area contributed by atoms with E-state index in [0.717, 1.165) is 27.8 Å². The Bertz CT molecular complexity index is 1570. The van der Waals surface area contributed by atoms with E-state index in [4.69, 9.17) is 14.2 Å². The van der Waals surface area contributed by atoms with Gasteiger partial charge in [-0.3, -0.25) is 14.5 Å². The molecule has 0 aromatic heterocycles. The Morgan fingerprint density at radius 2 is 1.41 bits per heavy atom. The van der Waals surface area contributed by atoms with E-state index in [9.17, 15) is 14.7 Å². The minimum atomic E-state index is -1.30. The van der Waals surface area contributed by atoms with E-state index in [1.807, 2.05) is 59.5 Å². The zero-order valence-electron chi connectivity index (χ0n) is 23.1. The van der Waals surface area contributed by atoms with Gasteiger partial charge < -0.3 is 19.3 Å². The molecule has 208 valence electrons. The molecule has 2 aliphatic rings. The first-order valence-electron chi connectivity index (χ1n) is 13.5. The minimum Gasteiger partial charge on any atom is -0.493 e. The van der Waals surface area contributed by atoms with Gasteiger partial charge in [-0.15, -0.1) is 0 Å². The predicted molar refractivity (Wildman–Crippen MR) is 154 cm³/mol. The number of nitrogens with zero attached hydrogens (tertiary/aromatic N) is 1. The number of carbonyl (C=O) groups is 2. The largest absolute Gasteiger partial charge is 0.493 e. The molecule has 0 radical (unpaired) electrons. The van der Waals surface area contributed by atoms with E-state index in [-0.39, 0.29) is 12.3 Å². The first kappa shape index (κ1) is 26.7. The SMILES string of the molecule is COC(=O)[C@@H]1[C@@H]([C@H](O)c2ccc(OC)c(OC)c2)C(=O)CN1C1(c2ccccc2)c2ccccc2-c2ccccc21. The highest BCUT2D eigenvalue weighted by molar-refractivity contribution is 5.95. The maximum absolute atomic E-state index is 14.0. The quantitative estimate of drug-likeness (QED) is 0.333. The van der Waals surface area contributed by atoms with Crippen LogP contribution in [0, 0.1) is 5.92 Å². The number of hydrogen-bond donors (Lipinski definition) is 1. The smallest absolute Gasteiger partial charge is 0.324 e. The zero-order valence-corrected chi connectivity index (χ0v) is 23.1. The highest BCUT2D eigenvalue weighted by atomic mass is 16.5. The van der Waals surface area contributed by atoms with E-state index in [2.05, 4.69) is 24.3 Å². The molecule has 1 N–H and O–H groups in total. The van der Waals surface area contributed by atoms with Crippen molar-refractivity contribution in [1.29, 1.82) is 0 Å². The second-order valence-electron chi connectivity index (χ2n) is 10.3. The molecule has 4 aromatic rings. The number of Topliss-reactive ketones (excluding diaryl/α,β-unsaturated/α-hetero) is 1. The van der Waals surface area contributed by atoms with Gasteiger partial charge in [0.2, 0.25) is 0 Å². The van der Waals surface area contributed by atoms with Gasteiger partial charge in [0.1, 0.15) is 6.04 Å². The van der Waals surface area contributed by atoms with Crippen molar-refractivity contribution in [3.63, 3.8) is 0 Å².